The fourth-order valence-corrected chi connectivity index (χ4v) is 1.72. The van der Waals surface area contributed by atoms with E-state index >= 15 is 0 Å². The molecule has 2 aromatic rings. The predicted molar refractivity (Wildman–Crippen MR) is 75.4 cm³/mol. The van der Waals surface area contributed by atoms with Crippen LogP contribution < -0.4 is 10.6 Å². The van der Waals surface area contributed by atoms with Crippen molar-refractivity contribution in [2.75, 3.05) is 5.32 Å². The molecular formula is C14H13ClN2O2. The standard InChI is InChI=1S/C14H13ClN2O2/c15-11-6-7-12(13(18)8-11)17-14(19)16-9-10-4-2-1-3-5-10/h1-8,18H,9H2,(H2,16,17,19). The van der Waals surface area contributed by atoms with Gasteiger partial charge in [0, 0.05) is 17.6 Å². The molecule has 0 unspecified atom stereocenters. The Morgan fingerprint density at radius 2 is 1.89 bits per heavy atom. The molecule has 4 nitrogen and oxygen atoms in total. The summed E-state index contributed by atoms with van der Waals surface area (Å²) in [4.78, 5) is 11.7. The molecule has 0 radical (unpaired) electrons. The van der Waals surface area contributed by atoms with Gasteiger partial charge in [-0.3, -0.25) is 0 Å². The topological polar surface area (TPSA) is 61.4 Å². The van der Waals surface area contributed by atoms with Crippen LogP contribution in [0.4, 0.5) is 10.5 Å². The van der Waals surface area contributed by atoms with Crippen molar-refractivity contribution in [3.63, 3.8) is 0 Å². The summed E-state index contributed by atoms with van der Waals surface area (Å²) in [7, 11) is 0. The lowest BCUT2D eigenvalue weighted by molar-refractivity contribution is 0.251. The molecule has 0 spiro atoms. The van der Waals surface area contributed by atoms with E-state index in [2.05, 4.69) is 10.6 Å². The minimum atomic E-state index is -0.388. The number of amides is 2. The van der Waals surface area contributed by atoms with Gasteiger partial charge in [-0.2, -0.15) is 0 Å². The van der Waals surface area contributed by atoms with Crippen molar-refractivity contribution in [1.29, 1.82) is 0 Å². The number of nitrogens with one attached hydrogen (secondary N) is 2. The summed E-state index contributed by atoms with van der Waals surface area (Å²) in [5, 5.41) is 15.3. The molecule has 0 bridgehead atoms. The van der Waals surface area contributed by atoms with Crippen LogP contribution in [-0.4, -0.2) is 11.1 Å². The summed E-state index contributed by atoms with van der Waals surface area (Å²) >= 11 is 5.71. The fraction of sp³-hybridized carbons (Fsp3) is 0.0714. The van der Waals surface area contributed by atoms with Gasteiger partial charge in [-0.1, -0.05) is 41.9 Å². The summed E-state index contributed by atoms with van der Waals surface area (Å²) in [5.41, 5.74) is 1.31. The second-order valence-electron chi connectivity index (χ2n) is 3.95. The molecule has 98 valence electrons. The highest BCUT2D eigenvalue weighted by molar-refractivity contribution is 6.30. The van der Waals surface area contributed by atoms with Gasteiger partial charge in [0.1, 0.15) is 5.75 Å². The molecule has 0 fully saturated rings. The number of hydrogen-bond acceptors (Lipinski definition) is 2. The molecule has 0 aliphatic heterocycles. The first-order chi connectivity index (χ1) is 9.15. The zero-order chi connectivity index (χ0) is 13.7. The van der Waals surface area contributed by atoms with E-state index in [1.165, 1.54) is 6.07 Å². The highest BCUT2D eigenvalue weighted by Crippen LogP contribution is 2.26. The van der Waals surface area contributed by atoms with Crippen molar-refractivity contribution in [3.8, 4) is 5.75 Å². The number of rotatable bonds is 3. The van der Waals surface area contributed by atoms with E-state index in [9.17, 15) is 9.90 Å². The first-order valence-electron chi connectivity index (χ1n) is 5.72. The van der Waals surface area contributed by atoms with Gasteiger partial charge in [0.15, 0.2) is 0 Å². The number of phenols is 1. The number of hydrogen-bond donors (Lipinski definition) is 3. The number of aromatic hydroxyl groups is 1. The van der Waals surface area contributed by atoms with Gasteiger partial charge in [0.25, 0.3) is 0 Å². The first-order valence-corrected chi connectivity index (χ1v) is 6.10. The molecule has 2 aromatic carbocycles. The molecular weight excluding hydrogens is 264 g/mol. The van der Waals surface area contributed by atoms with Crippen LogP contribution in [0.25, 0.3) is 0 Å². The maximum absolute atomic E-state index is 11.7. The number of halogens is 1. The molecule has 19 heavy (non-hydrogen) atoms. The Bertz CT molecular complexity index is 573. The molecule has 0 saturated heterocycles. The third kappa shape index (κ3) is 3.89. The van der Waals surface area contributed by atoms with E-state index in [1.807, 2.05) is 30.3 Å². The van der Waals surface area contributed by atoms with Gasteiger partial charge >= 0.3 is 6.03 Å². The number of urea groups is 1. The molecule has 0 heterocycles. The Balaban J connectivity index is 1.91. The molecule has 5 heteroatoms. The van der Waals surface area contributed by atoms with E-state index in [0.29, 0.717) is 17.3 Å². The minimum Gasteiger partial charge on any atom is -0.506 e. The molecule has 0 aromatic heterocycles. The Labute approximate surface area is 116 Å². The van der Waals surface area contributed by atoms with E-state index in [4.69, 9.17) is 11.6 Å². The van der Waals surface area contributed by atoms with Gasteiger partial charge in [0.05, 0.1) is 5.69 Å². The van der Waals surface area contributed by atoms with Crippen LogP contribution in [0, 0.1) is 0 Å². The summed E-state index contributed by atoms with van der Waals surface area (Å²) in [6.45, 7) is 0.418. The lowest BCUT2D eigenvalue weighted by Gasteiger charge is -2.09. The van der Waals surface area contributed by atoms with Crippen molar-refractivity contribution in [2.24, 2.45) is 0 Å². The van der Waals surface area contributed by atoms with E-state index in [1.54, 1.807) is 12.1 Å². The molecule has 3 N–H and O–H groups in total. The second-order valence-corrected chi connectivity index (χ2v) is 4.39. The summed E-state index contributed by atoms with van der Waals surface area (Å²) < 4.78 is 0. The first kappa shape index (κ1) is 13.2. The van der Waals surface area contributed by atoms with Crippen LogP contribution in [0.15, 0.2) is 48.5 Å². The number of carbonyl (C=O) groups excluding carboxylic acids is 1. The third-order valence-corrected chi connectivity index (χ3v) is 2.74. The summed E-state index contributed by atoms with van der Waals surface area (Å²) in [6.07, 6.45) is 0. The summed E-state index contributed by atoms with van der Waals surface area (Å²) in [6, 6.07) is 13.7. The molecule has 0 saturated carbocycles. The number of carbonyl (C=O) groups is 1. The zero-order valence-corrected chi connectivity index (χ0v) is 10.8. The van der Waals surface area contributed by atoms with Crippen LogP contribution >= 0.6 is 11.6 Å². The van der Waals surface area contributed by atoms with Crippen LogP contribution in [0.5, 0.6) is 5.75 Å². The van der Waals surface area contributed by atoms with E-state index < -0.39 is 0 Å². The quantitative estimate of drug-likeness (QED) is 0.753. The van der Waals surface area contributed by atoms with E-state index in [-0.39, 0.29) is 11.8 Å². The van der Waals surface area contributed by atoms with Crippen LogP contribution in [-0.2, 0) is 6.54 Å². The number of anilines is 1. The monoisotopic (exact) mass is 276 g/mol. The number of phenolic OH excluding ortho intramolecular Hbond substituents is 1. The maximum atomic E-state index is 11.7. The molecule has 2 rings (SSSR count). The normalized spacial score (nSPS) is 9.95. The fourth-order valence-electron chi connectivity index (χ4n) is 1.56. The van der Waals surface area contributed by atoms with E-state index in [0.717, 1.165) is 5.56 Å². The highest BCUT2D eigenvalue weighted by Gasteiger charge is 2.06. The van der Waals surface area contributed by atoms with Crippen molar-refractivity contribution < 1.29 is 9.90 Å². The van der Waals surface area contributed by atoms with Crippen LogP contribution in [0.2, 0.25) is 5.02 Å². The average molecular weight is 277 g/mol. The smallest absolute Gasteiger partial charge is 0.319 e. The van der Waals surface area contributed by atoms with Gasteiger partial charge in [-0.25, -0.2) is 4.79 Å². The molecule has 0 aliphatic rings. The third-order valence-electron chi connectivity index (χ3n) is 2.50. The highest BCUT2D eigenvalue weighted by atomic mass is 35.5. The Morgan fingerprint density at radius 1 is 1.16 bits per heavy atom. The van der Waals surface area contributed by atoms with Gasteiger partial charge in [-0.15, -0.1) is 0 Å². The van der Waals surface area contributed by atoms with Gasteiger partial charge < -0.3 is 15.7 Å². The minimum absolute atomic E-state index is 0.0673. The zero-order valence-electron chi connectivity index (χ0n) is 10.1. The summed E-state index contributed by atoms with van der Waals surface area (Å²) in [5.74, 6) is -0.0673. The average Bonchev–Trinajstić information content (AvgIpc) is 2.41. The van der Waals surface area contributed by atoms with Crippen LogP contribution in [0.1, 0.15) is 5.56 Å². The number of benzene rings is 2. The van der Waals surface area contributed by atoms with Crippen LogP contribution in [0.3, 0.4) is 0 Å². The van der Waals surface area contributed by atoms with Gasteiger partial charge in [0.2, 0.25) is 0 Å². The van der Waals surface area contributed by atoms with Crippen molar-refractivity contribution in [1.82, 2.24) is 5.32 Å². The maximum Gasteiger partial charge on any atom is 0.319 e. The second kappa shape index (κ2) is 6.11. The van der Waals surface area contributed by atoms with Crippen molar-refractivity contribution in [3.05, 3.63) is 59.1 Å². The van der Waals surface area contributed by atoms with Crippen molar-refractivity contribution >= 4 is 23.3 Å². The molecule has 2 amide bonds. The molecule has 0 aliphatic carbocycles. The molecule has 0 atom stereocenters. The van der Waals surface area contributed by atoms with Crippen molar-refractivity contribution in [2.45, 2.75) is 6.54 Å². The SMILES string of the molecule is O=C(NCc1ccccc1)Nc1ccc(Cl)cc1O. The van der Waals surface area contributed by atoms with Gasteiger partial charge in [-0.05, 0) is 17.7 Å². The Morgan fingerprint density at radius 3 is 2.58 bits per heavy atom. The Hall–Kier alpha value is -2.20. The lowest BCUT2D eigenvalue weighted by Crippen LogP contribution is -2.28. The lowest BCUT2D eigenvalue weighted by atomic mass is 10.2. The Kier molecular flexibility index (Phi) is 4.26. The largest absolute Gasteiger partial charge is 0.506 e. The predicted octanol–water partition coefficient (Wildman–Crippen LogP) is 3.37.